The second-order valence-electron chi connectivity index (χ2n) is 8.89. The lowest BCUT2D eigenvalue weighted by molar-refractivity contribution is -0.180. The van der Waals surface area contributed by atoms with Crippen LogP contribution in [0.4, 0.5) is 0 Å². The Morgan fingerprint density at radius 3 is 2.42 bits per heavy atom. The third-order valence-electron chi connectivity index (χ3n) is 6.32. The number of rotatable bonds is 10. The maximum atomic E-state index is 6.57. The first-order chi connectivity index (χ1) is 17.6. The number of nitrogens with zero attached hydrogens (tertiary/aromatic N) is 2. The number of aromatic nitrogens is 2. The zero-order chi connectivity index (χ0) is 24.8. The molecule has 1 aliphatic heterocycles. The Kier molecular flexibility index (Phi) is 7.97. The molecule has 4 aromatic rings. The fraction of sp³-hybridized carbons (Fsp3) is 0.276. The SMILES string of the molecule is COc1ccc(-c2ccc(SCC3COC(CCc4ccc(Cl)cc4)(Cn4ccnc4)O3)cc2)cc1. The molecule has 0 spiro atoms. The van der Waals surface area contributed by atoms with E-state index in [0.717, 1.165) is 29.4 Å². The molecule has 0 radical (unpaired) electrons. The molecule has 7 heteroatoms. The van der Waals surface area contributed by atoms with Gasteiger partial charge < -0.3 is 18.8 Å². The minimum atomic E-state index is -0.677. The molecule has 186 valence electrons. The monoisotopic (exact) mass is 520 g/mol. The van der Waals surface area contributed by atoms with Crippen LogP contribution in [-0.4, -0.2) is 40.9 Å². The summed E-state index contributed by atoms with van der Waals surface area (Å²) < 4.78 is 20.2. The van der Waals surface area contributed by atoms with Gasteiger partial charge in [-0.25, -0.2) is 4.98 Å². The molecule has 2 heterocycles. The van der Waals surface area contributed by atoms with Crippen molar-refractivity contribution in [2.75, 3.05) is 19.5 Å². The maximum Gasteiger partial charge on any atom is 0.187 e. The normalized spacial score (nSPS) is 19.4. The predicted octanol–water partition coefficient (Wildman–Crippen LogP) is 6.75. The minimum absolute atomic E-state index is 0.0185. The molecule has 3 aromatic carbocycles. The molecule has 0 aliphatic carbocycles. The van der Waals surface area contributed by atoms with Gasteiger partial charge in [-0.05, 0) is 59.5 Å². The number of aryl methyl sites for hydroxylation is 1. The van der Waals surface area contributed by atoms with E-state index in [0.29, 0.717) is 13.2 Å². The minimum Gasteiger partial charge on any atom is -0.497 e. The van der Waals surface area contributed by atoms with Crippen LogP contribution in [0.2, 0.25) is 5.02 Å². The van der Waals surface area contributed by atoms with Crippen molar-refractivity contribution in [1.29, 1.82) is 0 Å². The molecule has 0 amide bonds. The van der Waals surface area contributed by atoms with Crippen molar-refractivity contribution in [2.45, 2.75) is 36.2 Å². The number of halogens is 1. The molecule has 1 saturated heterocycles. The Morgan fingerprint density at radius 2 is 1.75 bits per heavy atom. The Morgan fingerprint density at radius 1 is 1.03 bits per heavy atom. The quantitative estimate of drug-likeness (QED) is 0.216. The van der Waals surface area contributed by atoms with Crippen LogP contribution in [0.5, 0.6) is 5.75 Å². The van der Waals surface area contributed by atoms with Crippen LogP contribution < -0.4 is 4.74 Å². The Hall–Kier alpha value is -2.77. The van der Waals surface area contributed by atoms with Crippen molar-refractivity contribution in [3.05, 3.63) is 102 Å². The van der Waals surface area contributed by atoms with E-state index in [1.807, 2.05) is 41.4 Å². The number of hydrogen-bond donors (Lipinski definition) is 0. The van der Waals surface area contributed by atoms with Crippen LogP contribution in [-0.2, 0) is 22.4 Å². The average Bonchev–Trinajstić information content (AvgIpc) is 3.58. The van der Waals surface area contributed by atoms with Gasteiger partial charge in [-0.3, -0.25) is 0 Å². The molecule has 1 aliphatic rings. The van der Waals surface area contributed by atoms with Crippen LogP contribution in [0.1, 0.15) is 12.0 Å². The highest BCUT2D eigenvalue weighted by molar-refractivity contribution is 7.99. The smallest absolute Gasteiger partial charge is 0.187 e. The van der Waals surface area contributed by atoms with Crippen molar-refractivity contribution < 1.29 is 14.2 Å². The molecular weight excluding hydrogens is 492 g/mol. The molecular formula is C29H29ClN2O3S. The second-order valence-corrected chi connectivity index (χ2v) is 10.4. The fourth-order valence-corrected chi connectivity index (χ4v) is 5.35. The van der Waals surface area contributed by atoms with Crippen LogP contribution in [0.3, 0.4) is 0 Å². The molecule has 1 fully saturated rings. The highest BCUT2D eigenvalue weighted by atomic mass is 35.5. The molecule has 36 heavy (non-hydrogen) atoms. The van der Waals surface area contributed by atoms with Gasteiger partial charge in [0.05, 0.1) is 32.7 Å². The van der Waals surface area contributed by atoms with E-state index < -0.39 is 5.79 Å². The molecule has 0 bridgehead atoms. The van der Waals surface area contributed by atoms with Crippen LogP contribution in [0.15, 0.2) is 96.4 Å². The number of methoxy groups -OCH3 is 1. The predicted molar refractivity (Wildman–Crippen MR) is 145 cm³/mol. The largest absolute Gasteiger partial charge is 0.497 e. The third kappa shape index (κ3) is 6.31. The summed E-state index contributed by atoms with van der Waals surface area (Å²) in [5, 5.41) is 0.745. The summed E-state index contributed by atoms with van der Waals surface area (Å²) in [7, 11) is 1.68. The van der Waals surface area contributed by atoms with Crippen molar-refractivity contribution >= 4 is 23.4 Å². The lowest BCUT2D eigenvalue weighted by Crippen LogP contribution is -2.37. The summed E-state index contributed by atoms with van der Waals surface area (Å²) in [6.07, 6.45) is 7.16. The van der Waals surface area contributed by atoms with E-state index in [9.17, 15) is 0 Å². The van der Waals surface area contributed by atoms with Gasteiger partial charge in [-0.2, -0.15) is 0 Å². The highest BCUT2D eigenvalue weighted by Crippen LogP contribution is 2.34. The zero-order valence-electron chi connectivity index (χ0n) is 20.2. The Bertz CT molecular complexity index is 1230. The van der Waals surface area contributed by atoms with Gasteiger partial charge in [0, 0.05) is 34.5 Å². The van der Waals surface area contributed by atoms with Gasteiger partial charge in [-0.15, -0.1) is 11.8 Å². The van der Waals surface area contributed by atoms with E-state index in [2.05, 4.69) is 53.5 Å². The second kappa shape index (κ2) is 11.5. The summed E-state index contributed by atoms with van der Waals surface area (Å²) in [6, 6.07) is 24.7. The lowest BCUT2D eigenvalue weighted by Gasteiger charge is -2.28. The summed E-state index contributed by atoms with van der Waals surface area (Å²) in [5.41, 5.74) is 3.57. The van der Waals surface area contributed by atoms with Gasteiger partial charge in [0.1, 0.15) is 5.75 Å². The zero-order valence-corrected chi connectivity index (χ0v) is 21.8. The summed E-state index contributed by atoms with van der Waals surface area (Å²) in [6.45, 7) is 1.19. The molecule has 0 N–H and O–H groups in total. The maximum absolute atomic E-state index is 6.57. The molecule has 2 atom stereocenters. The van der Waals surface area contributed by atoms with E-state index in [-0.39, 0.29) is 6.10 Å². The standard InChI is InChI=1S/C29H29ClN2O3S/c1-33-26-10-4-23(5-11-26)24-6-12-28(13-7-24)36-19-27-18-34-29(35-27,20-32-17-16-31-21-32)15-14-22-2-8-25(30)9-3-22/h2-13,16-17,21,27H,14-15,18-20H2,1H3. The molecule has 5 nitrogen and oxygen atoms in total. The first-order valence-electron chi connectivity index (χ1n) is 12.0. The molecule has 1 aromatic heterocycles. The molecule has 5 rings (SSSR count). The average molecular weight is 521 g/mol. The summed E-state index contributed by atoms with van der Waals surface area (Å²) in [4.78, 5) is 5.39. The third-order valence-corrected chi connectivity index (χ3v) is 7.71. The van der Waals surface area contributed by atoms with Gasteiger partial charge in [0.15, 0.2) is 5.79 Å². The van der Waals surface area contributed by atoms with Gasteiger partial charge in [-0.1, -0.05) is 48.0 Å². The lowest BCUT2D eigenvalue weighted by atomic mass is 10.0. The topological polar surface area (TPSA) is 45.5 Å². The number of ether oxygens (including phenoxy) is 3. The van der Waals surface area contributed by atoms with Crippen molar-refractivity contribution in [3.8, 4) is 16.9 Å². The first-order valence-corrected chi connectivity index (χ1v) is 13.4. The number of thioether (sulfide) groups is 1. The van der Waals surface area contributed by atoms with E-state index in [1.165, 1.54) is 21.6 Å². The Labute approximate surface area is 221 Å². The first kappa shape index (κ1) is 24.9. The number of benzene rings is 3. The summed E-state index contributed by atoms with van der Waals surface area (Å²) >= 11 is 7.84. The van der Waals surface area contributed by atoms with Crippen molar-refractivity contribution in [1.82, 2.24) is 9.55 Å². The van der Waals surface area contributed by atoms with E-state index in [4.69, 9.17) is 25.8 Å². The highest BCUT2D eigenvalue weighted by Gasteiger charge is 2.41. The van der Waals surface area contributed by atoms with Gasteiger partial charge in [0.25, 0.3) is 0 Å². The fourth-order valence-electron chi connectivity index (χ4n) is 4.35. The Balaban J connectivity index is 1.19. The van der Waals surface area contributed by atoms with Crippen LogP contribution >= 0.6 is 23.4 Å². The van der Waals surface area contributed by atoms with Crippen molar-refractivity contribution in [3.63, 3.8) is 0 Å². The van der Waals surface area contributed by atoms with Gasteiger partial charge in [0.2, 0.25) is 0 Å². The summed E-state index contributed by atoms with van der Waals surface area (Å²) in [5.74, 6) is 1.01. The van der Waals surface area contributed by atoms with Crippen LogP contribution in [0.25, 0.3) is 11.1 Å². The van der Waals surface area contributed by atoms with Gasteiger partial charge >= 0.3 is 0 Å². The molecule has 2 unspecified atom stereocenters. The van der Waals surface area contributed by atoms with Crippen molar-refractivity contribution in [2.24, 2.45) is 0 Å². The van der Waals surface area contributed by atoms with Crippen LogP contribution in [0, 0.1) is 0 Å². The van der Waals surface area contributed by atoms with E-state index in [1.54, 1.807) is 25.1 Å². The number of imidazole rings is 1. The van der Waals surface area contributed by atoms with E-state index >= 15 is 0 Å². The molecule has 0 saturated carbocycles. The number of hydrogen-bond acceptors (Lipinski definition) is 5.